The standard InChI is InChI=1S/C18H14BrNOS2/c1-11-6-7-15(8-12(11)2)20-17(21)16(23-18(20)22)10-13-4-3-5-14(19)9-13/h3-10H,1-2H3/b16-10+. The number of halogens is 1. The summed E-state index contributed by atoms with van der Waals surface area (Å²) in [6.45, 7) is 4.09. The summed E-state index contributed by atoms with van der Waals surface area (Å²) in [6, 6.07) is 13.8. The van der Waals surface area contributed by atoms with Gasteiger partial charge in [0.1, 0.15) is 0 Å². The van der Waals surface area contributed by atoms with Crippen LogP contribution in [0.4, 0.5) is 5.69 Å². The number of hydrogen-bond acceptors (Lipinski definition) is 3. The zero-order valence-electron chi connectivity index (χ0n) is 12.7. The van der Waals surface area contributed by atoms with Crippen LogP contribution in [0.15, 0.2) is 51.8 Å². The Morgan fingerprint density at radius 3 is 2.61 bits per heavy atom. The van der Waals surface area contributed by atoms with Gasteiger partial charge in [-0.3, -0.25) is 9.69 Å². The van der Waals surface area contributed by atoms with Crippen LogP contribution in [0, 0.1) is 13.8 Å². The summed E-state index contributed by atoms with van der Waals surface area (Å²) >= 11 is 10.2. The van der Waals surface area contributed by atoms with E-state index in [2.05, 4.69) is 22.9 Å². The van der Waals surface area contributed by atoms with E-state index in [9.17, 15) is 4.79 Å². The second kappa shape index (κ2) is 6.59. The maximum absolute atomic E-state index is 12.7. The van der Waals surface area contributed by atoms with Crippen molar-refractivity contribution < 1.29 is 4.79 Å². The second-order valence-electron chi connectivity index (χ2n) is 5.34. The number of aryl methyl sites for hydroxylation is 2. The fraction of sp³-hybridized carbons (Fsp3) is 0.111. The molecule has 0 aromatic heterocycles. The highest BCUT2D eigenvalue weighted by atomic mass is 79.9. The molecule has 0 aliphatic carbocycles. The van der Waals surface area contributed by atoms with Gasteiger partial charge < -0.3 is 0 Å². The van der Waals surface area contributed by atoms with Crippen molar-refractivity contribution in [2.24, 2.45) is 0 Å². The number of rotatable bonds is 2. The smallest absolute Gasteiger partial charge is 0.268 e. The third-order valence-electron chi connectivity index (χ3n) is 3.69. The zero-order valence-corrected chi connectivity index (χ0v) is 15.9. The van der Waals surface area contributed by atoms with Gasteiger partial charge in [-0.05, 0) is 60.9 Å². The van der Waals surface area contributed by atoms with Gasteiger partial charge in [-0.25, -0.2) is 0 Å². The van der Waals surface area contributed by atoms with Gasteiger partial charge in [-0.15, -0.1) is 0 Å². The van der Waals surface area contributed by atoms with Crippen LogP contribution in [-0.2, 0) is 4.79 Å². The Bertz CT molecular complexity index is 845. The van der Waals surface area contributed by atoms with Gasteiger partial charge in [-0.2, -0.15) is 0 Å². The van der Waals surface area contributed by atoms with Crippen LogP contribution in [-0.4, -0.2) is 10.2 Å². The van der Waals surface area contributed by atoms with E-state index in [1.807, 2.05) is 55.5 Å². The van der Waals surface area contributed by atoms with Crippen molar-refractivity contribution >= 4 is 61.9 Å². The molecule has 0 unspecified atom stereocenters. The number of amides is 1. The Morgan fingerprint density at radius 1 is 1.13 bits per heavy atom. The molecular weight excluding hydrogens is 390 g/mol. The minimum absolute atomic E-state index is 0.0665. The molecule has 1 fully saturated rings. The van der Waals surface area contributed by atoms with Gasteiger partial charge >= 0.3 is 0 Å². The number of carbonyl (C=O) groups excluding carboxylic acids is 1. The molecule has 116 valence electrons. The summed E-state index contributed by atoms with van der Waals surface area (Å²) in [5, 5.41) is 0. The maximum Gasteiger partial charge on any atom is 0.270 e. The van der Waals surface area contributed by atoms with Gasteiger partial charge in [0.15, 0.2) is 4.32 Å². The van der Waals surface area contributed by atoms with Crippen molar-refractivity contribution in [3.63, 3.8) is 0 Å². The summed E-state index contributed by atoms with van der Waals surface area (Å²) in [5.41, 5.74) is 4.14. The molecule has 2 aromatic carbocycles. The molecule has 1 amide bonds. The molecule has 0 N–H and O–H groups in total. The van der Waals surface area contributed by atoms with E-state index in [1.54, 1.807) is 4.90 Å². The summed E-state index contributed by atoms with van der Waals surface area (Å²) in [6.07, 6.45) is 1.88. The van der Waals surface area contributed by atoms with Gasteiger partial charge in [0, 0.05) is 4.47 Å². The lowest BCUT2D eigenvalue weighted by Gasteiger charge is -2.15. The van der Waals surface area contributed by atoms with Crippen molar-refractivity contribution in [1.82, 2.24) is 0 Å². The van der Waals surface area contributed by atoms with E-state index in [1.165, 1.54) is 17.3 Å². The number of benzene rings is 2. The Morgan fingerprint density at radius 2 is 1.91 bits per heavy atom. The second-order valence-corrected chi connectivity index (χ2v) is 7.93. The molecule has 2 aromatic rings. The SMILES string of the molecule is Cc1ccc(N2C(=O)/C(=C\c3cccc(Br)c3)SC2=S)cc1C. The monoisotopic (exact) mass is 403 g/mol. The molecule has 0 radical (unpaired) electrons. The topological polar surface area (TPSA) is 20.3 Å². The summed E-state index contributed by atoms with van der Waals surface area (Å²) < 4.78 is 1.55. The van der Waals surface area contributed by atoms with Crippen molar-refractivity contribution in [3.05, 3.63) is 68.5 Å². The summed E-state index contributed by atoms with van der Waals surface area (Å²) in [5.74, 6) is -0.0665. The molecule has 0 bridgehead atoms. The van der Waals surface area contributed by atoms with E-state index >= 15 is 0 Å². The molecule has 2 nitrogen and oxygen atoms in total. The molecule has 0 spiro atoms. The highest BCUT2D eigenvalue weighted by molar-refractivity contribution is 9.10. The summed E-state index contributed by atoms with van der Waals surface area (Å²) in [4.78, 5) is 15.0. The first-order valence-electron chi connectivity index (χ1n) is 7.06. The van der Waals surface area contributed by atoms with E-state index in [0.29, 0.717) is 9.23 Å². The van der Waals surface area contributed by atoms with Gasteiger partial charge in [0.05, 0.1) is 10.6 Å². The van der Waals surface area contributed by atoms with Gasteiger partial charge in [0.2, 0.25) is 0 Å². The number of thioether (sulfide) groups is 1. The van der Waals surface area contributed by atoms with Gasteiger partial charge in [-0.1, -0.05) is 58.1 Å². The van der Waals surface area contributed by atoms with Crippen molar-refractivity contribution in [2.45, 2.75) is 13.8 Å². The lowest BCUT2D eigenvalue weighted by atomic mass is 10.1. The minimum Gasteiger partial charge on any atom is -0.268 e. The predicted molar refractivity (Wildman–Crippen MR) is 106 cm³/mol. The highest BCUT2D eigenvalue weighted by Crippen LogP contribution is 2.36. The normalized spacial score (nSPS) is 16.5. The minimum atomic E-state index is -0.0665. The van der Waals surface area contributed by atoms with E-state index < -0.39 is 0 Å². The first-order valence-corrected chi connectivity index (χ1v) is 9.08. The fourth-order valence-electron chi connectivity index (χ4n) is 2.30. The molecule has 1 heterocycles. The number of thiocarbonyl (C=S) groups is 1. The van der Waals surface area contributed by atoms with Crippen LogP contribution in [0.5, 0.6) is 0 Å². The Labute approximate surface area is 153 Å². The average Bonchev–Trinajstić information content (AvgIpc) is 2.77. The molecule has 0 atom stereocenters. The van der Waals surface area contributed by atoms with Crippen LogP contribution < -0.4 is 4.90 Å². The molecule has 1 aliphatic rings. The number of anilines is 1. The highest BCUT2D eigenvalue weighted by Gasteiger charge is 2.33. The van der Waals surface area contributed by atoms with Crippen molar-refractivity contribution in [3.8, 4) is 0 Å². The molecule has 1 saturated heterocycles. The van der Waals surface area contributed by atoms with Crippen molar-refractivity contribution in [1.29, 1.82) is 0 Å². The lowest BCUT2D eigenvalue weighted by molar-refractivity contribution is -0.113. The zero-order chi connectivity index (χ0) is 16.6. The largest absolute Gasteiger partial charge is 0.270 e. The molecular formula is C18H14BrNOS2. The van der Waals surface area contributed by atoms with E-state index in [4.69, 9.17) is 12.2 Å². The molecule has 5 heteroatoms. The predicted octanol–water partition coefficient (Wildman–Crippen LogP) is 5.47. The number of carbonyl (C=O) groups is 1. The summed E-state index contributed by atoms with van der Waals surface area (Å²) in [7, 11) is 0. The third kappa shape index (κ3) is 3.42. The molecule has 0 saturated carbocycles. The van der Waals surface area contributed by atoms with Crippen LogP contribution in [0.3, 0.4) is 0 Å². The van der Waals surface area contributed by atoms with Crippen LogP contribution in [0.2, 0.25) is 0 Å². The Kier molecular flexibility index (Phi) is 4.71. The lowest BCUT2D eigenvalue weighted by Crippen LogP contribution is -2.27. The fourth-order valence-corrected chi connectivity index (χ4v) is 4.02. The maximum atomic E-state index is 12.7. The number of nitrogens with zero attached hydrogens (tertiary/aromatic N) is 1. The van der Waals surface area contributed by atoms with Crippen molar-refractivity contribution in [2.75, 3.05) is 4.90 Å². The van der Waals surface area contributed by atoms with Crippen LogP contribution in [0.1, 0.15) is 16.7 Å². The first kappa shape index (κ1) is 16.4. The first-order chi connectivity index (χ1) is 11.0. The van der Waals surface area contributed by atoms with Gasteiger partial charge in [0.25, 0.3) is 5.91 Å². The van der Waals surface area contributed by atoms with E-state index in [0.717, 1.165) is 21.3 Å². The molecule has 23 heavy (non-hydrogen) atoms. The molecule has 3 rings (SSSR count). The van der Waals surface area contributed by atoms with Crippen LogP contribution in [0.25, 0.3) is 6.08 Å². The van der Waals surface area contributed by atoms with Crippen LogP contribution >= 0.6 is 39.9 Å². The Hall–Kier alpha value is -1.43. The average molecular weight is 404 g/mol. The third-order valence-corrected chi connectivity index (χ3v) is 5.48. The quantitative estimate of drug-likeness (QED) is 0.489. The number of hydrogen-bond donors (Lipinski definition) is 0. The Balaban J connectivity index is 1.95. The molecule has 1 aliphatic heterocycles. The van der Waals surface area contributed by atoms with E-state index in [-0.39, 0.29) is 5.91 Å².